The fraction of sp³-hybridized carbons (Fsp3) is 0.391. The summed E-state index contributed by atoms with van der Waals surface area (Å²) in [7, 11) is 0. The number of ketones is 1. The smallest absolute Gasteiger partial charge is 0.180 e. The van der Waals surface area contributed by atoms with Gasteiger partial charge in [-0.15, -0.1) is 22.9 Å². The maximum Gasteiger partial charge on any atom is 0.180 e. The van der Waals surface area contributed by atoms with E-state index in [1.165, 1.54) is 5.56 Å². The molecule has 0 N–H and O–H groups in total. The number of aryl methyl sites for hydroxylation is 1. The summed E-state index contributed by atoms with van der Waals surface area (Å²) in [6.07, 6.45) is 2.98. The van der Waals surface area contributed by atoms with Gasteiger partial charge in [-0.1, -0.05) is 30.3 Å². The van der Waals surface area contributed by atoms with Crippen molar-refractivity contribution >= 4 is 38.9 Å². The number of carbonyl (C=O) groups is 1. The van der Waals surface area contributed by atoms with Crippen LogP contribution in [0.15, 0.2) is 48.5 Å². The first kappa shape index (κ1) is 19.6. The molecule has 0 amide bonds. The summed E-state index contributed by atoms with van der Waals surface area (Å²) >= 11 is 8.17. The number of alkyl halides is 1. The predicted molar refractivity (Wildman–Crippen MR) is 117 cm³/mol. The molecule has 2 heterocycles. The van der Waals surface area contributed by atoms with Crippen LogP contribution in [-0.2, 0) is 6.54 Å². The standard InChI is InChI=1S/C23H25ClN2OS/c1-16-25-21-8-7-19(14-22(21)28-16)23(27)20(24)13-17-9-11-26(12-10-17)15-18-5-3-2-4-6-18/h2-8,14,17,20H,9-13,15H2,1H3. The predicted octanol–water partition coefficient (Wildman–Crippen LogP) is 5.70. The number of Topliss-reactive ketones (excluding diaryl/α,β-unsaturated/α-hetero) is 1. The van der Waals surface area contributed by atoms with Crippen LogP contribution in [0.25, 0.3) is 10.2 Å². The van der Waals surface area contributed by atoms with E-state index in [0.717, 1.165) is 54.1 Å². The fourth-order valence-corrected chi connectivity index (χ4v) is 5.24. The number of benzene rings is 2. The fourth-order valence-electron chi connectivity index (χ4n) is 4.00. The van der Waals surface area contributed by atoms with Crippen LogP contribution in [0.1, 0.15) is 40.2 Å². The molecule has 28 heavy (non-hydrogen) atoms. The Bertz CT molecular complexity index is 948. The highest BCUT2D eigenvalue weighted by atomic mass is 35.5. The molecule has 1 aliphatic rings. The van der Waals surface area contributed by atoms with Gasteiger partial charge in [0.15, 0.2) is 5.78 Å². The van der Waals surface area contributed by atoms with Crippen LogP contribution >= 0.6 is 22.9 Å². The Hall–Kier alpha value is -1.75. The van der Waals surface area contributed by atoms with Crippen LogP contribution in [0.2, 0.25) is 0 Å². The van der Waals surface area contributed by atoms with Crippen molar-refractivity contribution in [1.29, 1.82) is 0 Å². The molecule has 0 spiro atoms. The quantitative estimate of drug-likeness (QED) is 0.384. The Morgan fingerprint density at radius 1 is 1.21 bits per heavy atom. The molecule has 1 atom stereocenters. The lowest BCUT2D eigenvalue weighted by Crippen LogP contribution is -2.34. The third kappa shape index (κ3) is 4.62. The summed E-state index contributed by atoms with van der Waals surface area (Å²) in [5, 5.41) is 0.571. The highest BCUT2D eigenvalue weighted by Gasteiger charge is 2.26. The molecule has 1 fully saturated rings. The van der Waals surface area contributed by atoms with E-state index in [1.807, 2.05) is 25.1 Å². The normalized spacial score (nSPS) is 17.1. The topological polar surface area (TPSA) is 33.2 Å². The Morgan fingerprint density at radius 3 is 2.71 bits per heavy atom. The maximum absolute atomic E-state index is 12.8. The van der Waals surface area contributed by atoms with Crippen molar-refractivity contribution in [2.75, 3.05) is 13.1 Å². The summed E-state index contributed by atoms with van der Waals surface area (Å²) in [6, 6.07) is 16.3. The lowest BCUT2D eigenvalue weighted by molar-refractivity contribution is 0.0966. The van der Waals surface area contributed by atoms with Gasteiger partial charge in [0, 0.05) is 12.1 Å². The Labute approximate surface area is 175 Å². The van der Waals surface area contributed by atoms with Gasteiger partial charge in [0.1, 0.15) is 0 Å². The number of nitrogens with zero attached hydrogens (tertiary/aromatic N) is 2. The van der Waals surface area contributed by atoms with E-state index in [-0.39, 0.29) is 5.78 Å². The first-order valence-corrected chi connectivity index (χ1v) is 11.2. The van der Waals surface area contributed by atoms with Crippen LogP contribution in [0.3, 0.4) is 0 Å². The van der Waals surface area contributed by atoms with Gasteiger partial charge in [0.25, 0.3) is 0 Å². The van der Waals surface area contributed by atoms with Gasteiger partial charge >= 0.3 is 0 Å². The molecule has 1 saturated heterocycles. The second-order valence-electron chi connectivity index (χ2n) is 7.69. The summed E-state index contributed by atoms with van der Waals surface area (Å²) in [6.45, 7) is 5.14. The van der Waals surface area contributed by atoms with Crippen LogP contribution in [0.5, 0.6) is 0 Å². The van der Waals surface area contributed by atoms with E-state index in [0.29, 0.717) is 11.5 Å². The molecular weight excluding hydrogens is 388 g/mol. The van der Waals surface area contributed by atoms with E-state index < -0.39 is 5.38 Å². The van der Waals surface area contributed by atoms with Crippen LogP contribution in [-0.4, -0.2) is 34.1 Å². The molecule has 0 radical (unpaired) electrons. The number of halogens is 1. The van der Waals surface area contributed by atoms with Crippen LogP contribution < -0.4 is 0 Å². The molecule has 1 unspecified atom stereocenters. The van der Waals surface area contributed by atoms with E-state index >= 15 is 0 Å². The van der Waals surface area contributed by atoms with Gasteiger partial charge in [0.2, 0.25) is 0 Å². The summed E-state index contributed by atoms with van der Waals surface area (Å²) in [5.41, 5.74) is 3.02. The number of carbonyl (C=O) groups excluding carboxylic acids is 1. The van der Waals surface area contributed by atoms with E-state index in [1.54, 1.807) is 11.3 Å². The molecule has 3 aromatic rings. The summed E-state index contributed by atoms with van der Waals surface area (Å²) in [4.78, 5) is 19.8. The van der Waals surface area contributed by atoms with Crippen LogP contribution in [0, 0.1) is 12.8 Å². The number of thiazole rings is 1. The number of rotatable bonds is 6. The number of fused-ring (bicyclic) bond motifs is 1. The third-order valence-electron chi connectivity index (χ3n) is 5.56. The van der Waals surface area contributed by atoms with Gasteiger partial charge in [-0.3, -0.25) is 9.69 Å². The van der Waals surface area contributed by atoms with Crippen LogP contribution in [0.4, 0.5) is 0 Å². The van der Waals surface area contributed by atoms with Crippen molar-refractivity contribution in [2.45, 2.75) is 38.1 Å². The first-order chi connectivity index (χ1) is 13.6. The molecule has 3 nitrogen and oxygen atoms in total. The number of likely N-dealkylation sites (tertiary alicyclic amines) is 1. The number of piperidine rings is 1. The van der Waals surface area contributed by atoms with Crippen molar-refractivity contribution in [3.63, 3.8) is 0 Å². The molecule has 0 saturated carbocycles. The minimum absolute atomic E-state index is 0.0429. The third-order valence-corrected chi connectivity index (χ3v) is 6.87. The second-order valence-corrected chi connectivity index (χ2v) is 9.45. The van der Waals surface area contributed by atoms with Crippen molar-refractivity contribution in [1.82, 2.24) is 9.88 Å². The highest BCUT2D eigenvalue weighted by Crippen LogP contribution is 2.28. The molecule has 5 heteroatoms. The first-order valence-electron chi connectivity index (χ1n) is 9.90. The van der Waals surface area contributed by atoms with Gasteiger partial charge in [-0.05, 0) is 69.0 Å². The van der Waals surface area contributed by atoms with E-state index in [2.05, 4.69) is 40.2 Å². The zero-order valence-electron chi connectivity index (χ0n) is 16.1. The average molecular weight is 413 g/mol. The van der Waals surface area contributed by atoms with Crippen molar-refractivity contribution in [3.05, 3.63) is 64.7 Å². The monoisotopic (exact) mass is 412 g/mol. The number of hydrogen-bond donors (Lipinski definition) is 0. The molecule has 1 aromatic heterocycles. The summed E-state index contributed by atoms with van der Waals surface area (Å²) < 4.78 is 1.06. The molecule has 0 aliphatic carbocycles. The highest BCUT2D eigenvalue weighted by molar-refractivity contribution is 7.18. The molecule has 0 bridgehead atoms. The lowest BCUT2D eigenvalue weighted by atomic mass is 9.90. The second kappa shape index (κ2) is 8.73. The average Bonchev–Trinajstić information content (AvgIpc) is 3.09. The molecule has 146 valence electrons. The molecule has 2 aromatic carbocycles. The Kier molecular flexibility index (Phi) is 6.10. The van der Waals surface area contributed by atoms with Gasteiger partial charge in [-0.2, -0.15) is 0 Å². The van der Waals surface area contributed by atoms with Crippen molar-refractivity contribution < 1.29 is 4.79 Å². The largest absolute Gasteiger partial charge is 0.299 e. The minimum atomic E-state index is -0.447. The molecule has 1 aliphatic heterocycles. The number of hydrogen-bond acceptors (Lipinski definition) is 4. The maximum atomic E-state index is 12.8. The minimum Gasteiger partial charge on any atom is -0.299 e. The Balaban J connectivity index is 1.31. The SMILES string of the molecule is Cc1nc2ccc(C(=O)C(Cl)CC3CCN(Cc4ccccc4)CC3)cc2s1. The molecular formula is C23H25ClN2OS. The Morgan fingerprint density at radius 2 is 1.96 bits per heavy atom. The molecule has 4 rings (SSSR count). The van der Waals surface area contributed by atoms with Gasteiger partial charge in [-0.25, -0.2) is 4.98 Å². The van der Waals surface area contributed by atoms with Crippen molar-refractivity contribution in [2.24, 2.45) is 5.92 Å². The number of aromatic nitrogens is 1. The van der Waals surface area contributed by atoms with E-state index in [4.69, 9.17) is 11.6 Å². The zero-order chi connectivity index (χ0) is 19.5. The zero-order valence-corrected chi connectivity index (χ0v) is 17.7. The van der Waals surface area contributed by atoms with E-state index in [9.17, 15) is 4.79 Å². The van der Waals surface area contributed by atoms with Crippen molar-refractivity contribution in [3.8, 4) is 0 Å². The lowest BCUT2D eigenvalue weighted by Gasteiger charge is -2.32. The van der Waals surface area contributed by atoms with Gasteiger partial charge < -0.3 is 0 Å². The summed E-state index contributed by atoms with van der Waals surface area (Å²) in [5.74, 6) is 0.564. The van der Waals surface area contributed by atoms with Gasteiger partial charge in [0.05, 0.1) is 20.6 Å².